The van der Waals surface area contributed by atoms with E-state index < -0.39 is 16.7 Å². The fourth-order valence-corrected chi connectivity index (χ4v) is 2.39. The van der Waals surface area contributed by atoms with Gasteiger partial charge < -0.3 is 14.8 Å². The summed E-state index contributed by atoms with van der Waals surface area (Å²) in [6.07, 6.45) is 0.825. The molecule has 0 radical (unpaired) electrons. The molecule has 1 amide bonds. The van der Waals surface area contributed by atoms with Gasteiger partial charge in [-0.1, -0.05) is 5.11 Å². The molecule has 0 atom stereocenters. The van der Waals surface area contributed by atoms with Gasteiger partial charge in [-0.15, -0.1) is 0 Å². The van der Waals surface area contributed by atoms with Crippen molar-refractivity contribution in [1.29, 1.82) is 0 Å². The van der Waals surface area contributed by atoms with Crippen LogP contribution in [0.4, 0.5) is 0 Å². The smallest absolute Gasteiger partial charge is 0.306 e. The summed E-state index contributed by atoms with van der Waals surface area (Å²) < 4.78 is 10.6. The molecule has 1 N–H and O–H groups in total. The summed E-state index contributed by atoms with van der Waals surface area (Å²) in [6, 6.07) is 0. The van der Waals surface area contributed by atoms with Crippen molar-refractivity contribution in [3.63, 3.8) is 0 Å². The van der Waals surface area contributed by atoms with Crippen LogP contribution >= 0.6 is 0 Å². The SMILES string of the molecule is CC(CCC(=O)OC(C)(C)C)(CCC(=O)OC(C)(C)C)NC(=O)CCN=[N+]=[N-]. The third kappa shape index (κ3) is 13.9. The molecule has 0 aliphatic heterocycles. The first-order valence-electron chi connectivity index (χ1n) is 9.41. The second-order valence-corrected chi connectivity index (χ2v) is 8.99. The Balaban J connectivity index is 4.97. The third-order valence-electron chi connectivity index (χ3n) is 3.55. The van der Waals surface area contributed by atoms with Crippen molar-refractivity contribution in [1.82, 2.24) is 5.32 Å². The van der Waals surface area contributed by atoms with Gasteiger partial charge in [0, 0.05) is 36.3 Å². The molecule has 0 heterocycles. The number of azide groups is 1. The molecule has 0 aliphatic rings. The summed E-state index contributed by atoms with van der Waals surface area (Å²) in [5.74, 6) is -1.07. The Labute approximate surface area is 167 Å². The number of amides is 1. The molecule has 0 saturated carbocycles. The summed E-state index contributed by atoms with van der Waals surface area (Å²) >= 11 is 0. The van der Waals surface area contributed by atoms with Gasteiger partial charge in [-0.05, 0) is 66.8 Å². The van der Waals surface area contributed by atoms with Crippen LogP contribution in [0.3, 0.4) is 0 Å². The molecule has 0 unspecified atom stereocenters. The molecule has 9 heteroatoms. The Bertz CT molecular complexity index is 566. The lowest BCUT2D eigenvalue weighted by atomic mass is 9.89. The lowest BCUT2D eigenvalue weighted by Gasteiger charge is -2.31. The Morgan fingerprint density at radius 3 is 1.64 bits per heavy atom. The van der Waals surface area contributed by atoms with E-state index in [-0.39, 0.29) is 43.7 Å². The number of carbonyl (C=O) groups excluding carboxylic acids is 3. The number of rotatable bonds is 10. The Hall–Kier alpha value is -2.28. The predicted octanol–water partition coefficient (Wildman–Crippen LogP) is 3.81. The van der Waals surface area contributed by atoms with E-state index >= 15 is 0 Å². The number of carbonyl (C=O) groups is 3. The van der Waals surface area contributed by atoms with E-state index in [1.54, 1.807) is 48.5 Å². The summed E-state index contributed by atoms with van der Waals surface area (Å²) in [5, 5.41) is 6.19. The molecule has 0 aromatic heterocycles. The van der Waals surface area contributed by atoms with Crippen LogP contribution < -0.4 is 5.32 Å². The van der Waals surface area contributed by atoms with Gasteiger partial charge >= 0.3 is 11.9 Å². The highest BCUT2D eigenvalue weighted by Crippen LogP contribution is 2.22. The number of hydrogen-bond donors (Lipinski definition) is 1. The van der Waals surface area contributed by atoms with Crippen molar-refractivity contribution in [2.45, 2.75) is 97.3 Å². The van der Waals surface area contributed by atoms with Crippen LogP contribution in [0.15, 0.2) is 5.11 Å². The second kappa shape index (κ2) is 10.9. The zero-order valence-corrected chi connectivity index (χ0v) is 18.1. The lowest BCUT2D eigenvalue weighted by molar-refractivity contribution is -0.155. The quantitative estimate of drug-likeness (QED) is 0.259. The summed E-state index contributed by atoms with van der Waals surface area (Å²) in [6.45, 7) is 12.5. The largest absolute Gasteiger partial charge is 0.460 e. The molecule has 160 valence electrons. The standard InChI is InChI=1S/C19H34N4O5/c1-17(2,3)27-15(25)8-11-19(7,22-14(24)10-13-21-23-20)12-9-16(26)28-18(4,5)6/h8-13H2,1-7H3,(H,22,24). The predicted molar refractivity (Wildman–Crippen MR) is 105 cm³/mol. The van der Waals surface area contributed by atoms with Gasteiger partial charge in [0.1, 0.15) is 11.2 Å². The number of esters is 2. The van der Waals surface area contributed by atoms with Crippen molar-refractivity contribution >= 4 is 17.8 Å². The van der Waals surface area contributed by atoms with Gasteiger partial charge in [-0.2, -0.15) is 0 Å². The maximum atomic E-state index is 12.2. The lowest BCUT2D eigenvalue weighted by Crippen LogP contribution is -2.47. The molecule has 0 spiro atoms. The molecule has 0 aliphatic carbocycles. The van der Waals surface area contributed by atoms with Crippen LogP contribution in [-0.4, -0.2) is 41.1 Å². The molecule has 0 saturated heterocycles. The first-order valence-corrected chi connectivity index (χ1v) is 9.41. The van der Waals surface area contributed by atoms with E-state index in [4.69, 9.17) is 15.0 Å². The molecule has 0 rings (SSSR count). The minimum absolute atomic E-state index is 0.0263. The van der Waals surface area contributed by atoms with Crippen LogP contribution in [0.2, 0.25) is 0 Å². The van der Waals surface area contributed by atoms with Crippen LogP contribution in [0, 0.1) is 0 Å². The highest BCUT2D eigenvalue weighted by atomic mass is 16.6. The summed E-state index contributed by atoms with van der Waals surface area (Å²) in [7, 11) is 0. The molecule has 0 aromatic rings. The normalized spacial score (nSPS) is 12.0. The summed E-state index contributed by atoms with van der Waals surface area (Å²) in [4.78, 5) is 38.9. The molecule has 0 aromatic carbocycles. The molecule has 0 fully saturated rings. The monoisotopic (exact) mass is 398 g/mol. The molecule has 28 heavy (non-hydrogen) atoms. The Kier molecular flexibility index (Phi) is 10.0. The van der Waals surface area contributed by atoms with E-state index in [9.17, 15) is 14.4 Å². The van der Waals surface area contributed by atoms with Crippen molar-refractivity contribution in [2.24, 2.45) is 5.11 Å². The number of nitrogens with one attached hydrogen (secondary N) is 1. The maximum absolute atomic E-state index is 12.2. The van der Waals surface area contributed by atoms with Crippen LogP contribution in [0.1, 0.15) is 80.6 Å². The number of nitrogens with zero attached hydrogens (tertiary/aromatic N) is 3. The van der Waals surface area contributed by atoms with Gasteiger partial charge in [0.15, 0.2) is 0 Å². The average Bonchev–Trinajstić information content (AvgIpc) is 2.48. The van der Waals surface area contributed by atoms with Crippen LogP contribution in [0.5, 0.6) is 0 Å². The van der Waals surface area contributed by atoms with Gasteiger partial charge in [-0.3, -0.25) is 14.4 Å². The Morgan fingerprint density at radius 2 is 1.29 bits per heavy atom. The topological polar surface area (TPSA) is 130 Å². The molecule has 9 nitrogen and oxygen atoms in total. The van der Waals surface area contributed by atoms with Crippen molar-refractivity contribution in [2.75, 3.05) is 6.54 Å². The van der Waals surface area contributed by atoms with E-state index in [2.05, 4.69) is 15.3 Å². The molecular formula is C19H34N4O5. The highest BCUT2D eigenvalue weighted by Gasteiger charge is 2.30. The highest BCUT2D eigenvalue weighted by molar-refractivity contribution is 5.77. The Morgan fingerprint density at radius 1 is 0.857 bits per heavy atom. The average molecular weight is 399 g/mol. The zero-order chi connectivity index (χ0) is 22.0. The third-order valence-corrected chi connectivity index (χ3v) is 3.55. The summed E-state index contributed by atoms with van der Waals surface area (Å²) in [5.41, 5.74) is 6.32. The van der Waals surface area contributed by atoms with Crippen LogP contribution in [0.25, 0.3) is 10.4 Å². The minimum atomic E-state index is -0.804. The fraction of sp³-hybridized carbons (Fsp3) is 0.842. The van der Waals surface area contributed by atoms with Crippen molar-refractivity contribution in [3.05, 3.63) is 10.4 Å². The fourth-order valence-electron chi connectivity index (χ4n) is 2.39. The first kappa shape index (κ1) is 25.7. The van der Waals surface area contributed by atoms with Gasteiger partial charge in [0.25, 0.3) is 0 Å². The minimum Gasteiger partial charge on any atom is -0.460 e. The van der Waals surface area contributed by atoms with E-state index in [1.807, 2.05) is 0 Å². The van der Waals surface area contributed by atoms with Crippen molar-refractivity contribution in [3.8, 4) is 0 Å². The maximum Gasteiger partial charge on any atom is 0.306 e. The van der Waals surface area contributed by atoms with Crippen molar-refractivity contribution < 1.29 is 23.9 Å². The van der Waals surface area contributed by atoms with E-state index in [0.717, 1.165) is 0 Å². The first-order chi connectivity index (χ1) is 12.7. The van der Waals surface area contributed by atoms with Crippen LogP contribution in [-0.2, 0) is 23.9 Å². The number of ether oxygens (including phenoxy) is 2. The second-order valence-electron chi connectivity index (χ2n) is 8.99. The number of hydrogen-bond acceptors (Lipinski definition) is 6. The molecular weight excluding hydrogens is 364 g/mol. The van der Waals surface area contributed by atoms with E-state index in [0.29, 0.717) is 12.8 Å². The van der Waals surface area contributed by atoms with Gasteiger partial charge in [0.05, 0.1) is 0 Å². The van der Waals surface area contributed by atoms with Gasteiger partial charge in [-0.25, -0.2) is 0 Å². The zero-order valence-electron chi connectivity index (χ0n) is 18.1. The van der Waals surface area contributed by atoms with E-state index in [1.165, 1.54) is 0 Å². The van der Waals surface area contributed by atoms with Gasteiger partial charge in [0.2, 0.25) is 5.91 Å². The molecule has 0 bridgehead atoms.